The SMILES string of the molecule is O=C(O)c1ccc(CNC(=O)c2cc(Br)cc(Br)c2I)cc1. The second-order valence-electron chi connectivity index (χ2n) is 4.43. The van der Waals surface area contributed by atoms with Crippen LogP contribution in [0.2, 0.25) is 0 Å². The molecule has 0 aliphatic carbocycles. The second-order valence-corrected chi connectivity index (χ2v) is 7.28. The van der Waals surface area contributed by atoms with E-state index in [1.165, 1.54) is 12.1 Å². The molecule has 0 aromatic heterocycles. The molecule has 0 saturated carbocycles. The molecule has 0 unspecified atom stereocenters. The van der Waals surface area contributed by atoms with Gasteiger partial charge in [-0.05, 0) is 68.3 Å². The standard InChI is InChI=1S/C15H10Br2INO3/c16-10-5-11(13(18)12(17)6-10)14(20)19-7-8-1-3-9(4-2-8)15(21)22/h1-6H,7H2,(H,19,20)(H,21,22). The van der Waals surface area contributed by atoms with Crippen LogP contribution in [0.4, 0.5) is 0 Å². The number of carbonyl (C=O) groups excluding carboxylic acids is 1. The Kier molecular flexibility index (Phi) is 5.99. The Bertz CT molecular complexity index is 732. The number of rotatable bonds is 4. The zero-order valence-corrected chi connectivity index (χ0v) is 16.4. The number of aromatic carboxylic acids is 1. The third-order valence-corrected chi connectivity index (χ3v) is 5.88. The van der Waals surface area contributed by atoms with Crippen LogP contribution >= 0.6 is 54.5 Å². The van der Waals surface area contributed by atoms with Gasteiger partial charge in [0.2, 0.25) is 0 Å². The summed E-state index contributed by atoms with van der Waals surface area (Å²) in [6.45, 7) is 0.332. The number of carboxylic acid groups (broad SMARTS) is 1. The fraction of sp³-hybridized carbons (Fsp3) is 0.0667. The Labute approximate surface area is 157 Å². The number of amides is 1. The quantitative estimate of drug-likeness (QED) is 0.447. The molecule has 0 aliphatic rings. The molecule has 0 bridgehead atoms. The van der Waals surface area contributed by atoms with E-state index < -0.39 is 5.97 Å². The summed E-state index contributed by atoms with van der Waals surface area (Å²) >= 11 is 8.88. The largest absolute Gasteiger partial charge is 0.478 e. The molecule has 0 fully saturated rings. The highest BCUT2D eigenvalue weighted by molar-refractivity contribution is 14.1. The molecule has 0 heterocycles. The predicted molar refractivity (Wildman–Crippen MR) is 99.1 cm³/mol. The van der Waals surface area contributed by atoms with Crippen LogP contribution in [0.3, 0.4) is 0 Å². The minimum atomic E-state index is -0.968. The minimum Gasteiger partial charge on any atom is -0.478 e. The molecular weight excluding hydrogens is 529 g/mol. The first-order chi connectivity index (χ1) is 10.4. The summed E-state index contributed by atoms with van der Waals surface area (Å²) in [4.78, 5) is 23.1. The zero-order chi connectivity index (χ0) is 16.3. The second kappa shape index (κ2) is 7.56. The van der Waals surface area contributed by atoms with Gasteiger partial charge in [-0.3, -0.25) is 4.79 Å². The smallest absolute Gasteiger partial charge is 0.335 e. The van der Waals surface area contributed by atoms with Crippen molar-refractivity contribution in [2.24, 2.45) is 0 Å². The lowest BCUT2D eigenvalue weighted by molar-refractivity contribution is 0.0696. The first-order valence-electron chi connectivity index (χ1n) is 6.13. The van der Waals surface area contributed by atoms with Crippen LogP contribution in [0.5, 0.6) is 0 Å². The molecule has 4 nitrogen and oxygen atoms in total. The Balaban J connectivity index is 2.08. The number of hydrogen-bond acceptors (Lipinski definition) is 2. The predicted octanol–water partition coefficient (Wildman–Crippen LogP) is 4.44. The topological polar surface area (TPSA) is 66.4 Å². The van der Waals surface area contributed by atoms with E-state index in [1.54, 1.807) is 18.2 Å². The van der Waals surface area contributed by atoms with Crippen LogP contribution in [0.25, 0.3) is 0 Å². The molecule has 0 saturated heterocycles. The molecule has 2 aromatic rings. The third kappa shape index (κ3) is 4.30. The van der Waals surface area contributed by atoms with Gasteiger partial charge in [-0.15, -0.1) is 0 Å². The zero-order valence-electron chi connectivity index (χ0n) is 11.1. The normalized spacial score (nSPS) is 10.3. The highest BCUT2D eigenvalue weighted by atomic mass is 127. The van der Waals surface area contributed by atoms with Gasteiger partial charge >= 0.3 is 5.97 Å². The Morgan fingerprint density at radius 3 is 2.36 bits per heavy atom. The molecule has 0 spiro atoms. The van der Waals surface area contributed by atoms with Gasteiger partial charge in [-0.2, -0.15) is 0 Å². The van der Waals surface area contributed by atoms with Crippen LogP contribution in [0.1, 0.15) is 26.3 Å². The van der Waals surface area contributed by atoms with Gasteiger partial charge < -0.3 is 10.4 Å². The maximum Gasteiger partial charge on any atom is 0.335 e. The van der Waals surface area contributed by atoms with Crippen LogP contribution in [-0.4, -0.2) is 17.0 Å². The molecule has 0 radical (unpaired) electrons. The van der Waals surface area contributed by atoms with Crippen LogP contribution < -0.4 is 5.32 Å². The van der Waals surface area contributed by atoms with Gasteiger partial charge in [0, 0.05) is 19.1 Å². The van der Waals surface area contributed by atoms with E-state index >= 15 is 0 Å². The number of halogens is 3. The molecule has 2 N–H and O–H groups in total. The first-order valence-corrected chi connectivity index (χ1v) is 8.80. The minimum absolute atomic E-state index is 0.186. The molecule has 22 heavy (non-hydrogen) atoms. The molecule has 2 rings (SSSR count). The number of benzene rings is 2. The van der Waals surface area contributed by atoms with Crippen LogP contribution in [0.15, 0.2) is 45.3 Å². The number of nitrogens with one attached hydrogen (secondary N) is 1. The number of carboxylic acids is 1. The van der Waals surface area contributed by atoms with Crippen molar-refractivity contribution >= 4 is 66.3 Å². The van der Waals surface area contributed by atoms with E-state index in [2.05, 4.69) is 59.8 Å². The van der Waals surface area contributed by atoms with Crippen molar-refractivity contribution < 1.29 is 14.7 Å². The number of hydrogen-bond donors (Lipinski definition) is 2. The van der Waals surface area contributed by atoms with Crippen molar-refractivity contribution in [3.63, 3.8) is 0 Å². The summed E-state index contributed by atoms with van der Waals surface area (Å²) in [6.07, 6.45) is 0. The lowest BCUT2D eigenvalue weighted by atomic mass is 10.1. The van der Waals surface area contributed by atoms with Crippen molar-refractivity contribution in [3.05, 3.63) is 65.6 Å². The van der Waals surface area contributed by atoms with Crippen molar-refractivity contribution in [2.45, 2.75) is 6.54 Å². The summed E-state index contributed by atoms with van der Waals surface area (Å²) in [5, 5.41) is 11.7. The van der Waals surface area contributed by atoms with E-state index in [0.717, 1.165) is 18.1 Å². The lowest BCUT2D eigenvalue weighted by Crippen LogP contribution is -2.23. The summed E-state index contributed by atoms with van der Waals surface area (Å²) in [5.74, 6) is -1.15. The van der Waals surface area contributed by atoms with E-state index in [9.17, 15) is 9.59 Å². The summed E-state index contributed by atoms with van der Waals surface area (Å²) in [6, 6.07) is 10.0. The number of carbonyl (C=O) groups is 2. The summed E-state index contributed by atoms with van der Waals surface area (Å²) in [7, 11) is 0. The average molecular weight is 539 g/mol. The van der Waals surface area contributed by atoms with E-state index in [0.29, 0.717) is 12.1 Å². The van der Waals surface area contributed by atoms with Crippen molar-refractivity contribution in [1.29, 1.82) is 0 Å². The molecule has 114 valence electrons. The highest BCUT2D eigenvalue weighted by Crippen LogP contribution is 2.27. The summed E-state index contributed by atoms with van der Waals surface area (Å²) < 4.78 is 2.49. The molecule has 0 aliphatic heterocycles. The van der Waals surface area contributed by atoms with Crippen molar-refractivity contribution in [2.75, 3.05) is 0 Å². The van der Waals surface area contributed by atoms with Gasteiger partial charge in [0.05, 0.1) is 11.1 Å². The molecule has 7 heteroatoms. The van der Waals surface area contributed by atoms with Crippen molar-refractivity contribution in [1.82, 2.24) is 5.32 Å². The first kappa shape index (κ1) is 17.4. The molecular formula is C15H10Br2INO3. The van der Waals surface area contributed by atoms with E-state index in [1.807, 2.05) is 6.07 Å². The fourth-order valence-corrected chi connectivity index (χ4v) is 3.55. The Morgan fingerprint density at radius 2 is 1.77 bits per heavy atom. The van der Waals surface area contributed by atoms with Gasteiger partial charge in [-0.25, -0.2) is 4.79 Å². The maximum absolute atomic E-state index is 12.3. The average Bonchev–Trinajstić information content (AvgIpc) is 2.48. The molecule has 1 amide bonds. The van der Waals surface area contributed by atoms with E-state index in [4.69, 9.17) is 5.11 Å². The Morgan fingerprint density at radius 1 is 1.14 bits per heavy atom. The fourth-order valence-electron chi connectivity index (χ4n) is 1.76. The van der Waals surface area contributed by atoms with E-state index in [-0.39, 0.29) is 11.5 Å². The van der Waals surface area contributed by atoms with Gasteiger partial charge in [-0.1, -0.05) is 28.1 Å². The highest BCUT2D eigenvalue weighted by Gasteiger charge is 2.13. The van der Waals surface area contributed by atoms with Crippen LogP contribution in [-0.2, 0) is 6.54 Å². The van der Waals surface area contributed by atoms with Crippen LogP contribution in [0, 0.1) is 3.57 Å². The summed E-state index contributed by atoms with van der Waals surface area (Å²) in [5.41, 5.74) is 1.63. The maximum atomic E-state index is 12.3. The monoisotopic (exact) mass is 537 g/mol. The lowest BCUT2D eigenvalue weighted by Gasteiger charge is -2.09. The Hall–Kier alpha value is -0.930. The van der Waals surface area contributed by atoms with Crippen molar-refractivity contribution in [3.8, 4) is 0 Å². The molecule has 2 aromatic carbocycles. The molecule has 0 atom stereocenters. The van der Waals surface area contributed by atoms with Gasteiger partial charge in [0.25, 0.3) is 5.91 Å². The third-order valence-electron chi connectivity index (χ3n) is 2.89. The van der Waals surface area contributed by atoms with Gasteiger partial charge in [0.15, 0.2) is 0 Å². The van der Waals surface area contributed by atoms with Gasteiger partial charge in [0.1, 0.15) is 0 Å².